The molecule has 1 aromatic rings. The molecule has 1 saturated heterocycles. The molecule has 3 nitrogen and oxygen atoms in total. The number of carbonyl (C=O) groups excluding carboxylic acids is 1. The lowest BCUT2D eigenvalue weighted by Crippen LogP contribution is -2.27. The van der Waals surface area contributed by atoms with E-state index in [9.17, 15) is 4.79 Å². The molecule has 1 heterocycles. The van der Waals surface area contributed by atoms with E-state index < -0.39 is 0 Å². The molecule has 2 rings (SSSR count). The van der Waals surface area contributed by atoms with Gasteiger partial charge in [-0.2, -0.15) is 0 Å². The van der Waals surface area contributed by atoms with Gasteiger partial charge >= 0.3 is 0 Å². The highest BCUT2D eigenvalue weighted by molar-refractivity contribution is 5.53. The van der Waals surface area contributed by atoms with Crippen LogP contribution >= 0.6 is 0 Å². The zero-order chi connectivity index (χ0) is 10.5. The Hall–Kier alpha value is -1.73. The fraction of sp³-hybridized carbons (Fsp3) is 0.333. The van der Waals surface area contributed by atoms with Gasteiger partial charge in [0.25, 0.3) is 0 Å². The summed E-state index contributed by atoms with van der Waals surface area (Å²) < 4.78 is 0. The first-order valence-electron chi connectivity index (χ1n) is 5.18. The molecule has 1 aliphatic rings. The Morgan fingerprint density at radius 2 is 2.00 bits per heavy atom. The first kappa shape index (κ1) is 9.81. The molecule has 0 spiro atoms. The van der Waals surface area contributed by atoms with Gasteiger partial charge in [-0.3, -0.25) is 0 Å². The average Bonchev–Trinajstić information content (AvgIpc) is 2.55. The highest BCUT2D eigenvalue weighted by Crippen LogP contribution is 2.15. The normalized spacial score (nSPS) is 16.5. The highest BCUT2D eigenvalue weighted by atomic mass is 16.1. The quantitative estimate of drug-likeness (QED) is 0.694. The molecule has 0 aliphatic carbocycles. The lowest BCUT2D eigenvalue weighted by atomic mass is 10.2. The molecule has 0 unspecified atom stereocenters. The van der Waals surface area contributed by atoms with E-state index in [0.717, 1.165) is 26.1 Å². The van der Waals surface area contributed by atoms with Crippen LogP contribution in [0, 0.1) is 0 Å². The molecular weight excluding hydrogens is 188 g/mol. The predicted octanol–water partition coefficient (Wildman–Crippen LogP) is 1.20. The van der Waals surface area contributed by atoms with Crippen LogP contribution in [0.5, 0.6) is 0 Å². The maximum absolute atomic E-state index is 10.5. The van der Waals surface area contributed by atoms with Gasteiger partial charge in [0, 0.05) is 31.7 Å². The summed E-state index contributed by atoms with van der Waals surface area (Å²) in [5.41, 5.74) is 1.90. The minimum atomic E-state index is 0.688. The largest absolute Gasteiger partial charge is 0.378 e. The topological polar surface area (TPSA) is 32.3 Å². The van der Waals surface area contributed by atoms with Crippen LogP contribution in [-0.2, 0) is 4.79 Å². The van der Waals surface area contributed by atoms with Crippen molar-refractivity contribution >= 4 is 11.6 Å². The summed E-state index contributed by atoms with van der Waals surface area (Å²) in [6.45, 7) is 2.61. The van der Waals surface area contributed by atoms with Crippen molar-refractivity contribution in [1.29, 1.82) is 0 Å². The van der Waals surface area contributed by atoms with Gasteiger partial charge in [-0.15, -0.1) is 0 Å². The average molecular weight is 202 g/mol. The van der Waals surface area contributed by atoms with Gasteiger partial charge in [-0.05, 0) is 12.1 Å². The molecule has 0 bridgehead atoms. The van der Waals surface area contributed by atoms with E-state index in [1.54, 1.807) is 0 Å². The van der Waals surface area contributed by atoms with Crippen LogP contribution in [0.15, 0.2) is 36.0 Å². The van der Waals surface area contributed by atoms with Crippen molar-refractivity contribution in [3.05, 3.63) is 36.0 Å². The number of nitrogens with zero attached hydrogens (tertiary/aromatic N) is 1. The van der Waals surface area contributed by atoms with Gasteiger partial charge in [-0.1, -0.05) is 18.2 Å². The molecule has 1 N–H and O–H groups in total. The van der Waals surface area contributed by atoms with E-state index in [2.05, 4.69) is 22.3 Å². The maximum atomic E-state index is 10.5. The van der Waals surface area contributed by atoms with Crippen LogP contribution in [0.3, 0.4) is 0 Å². The number of anilines is 1. The summed E-state index contributed by atoms with van der Waals surface area (Å²) in [5.74, 6) is 1.94. The molecule has 0 amide bonds. The third kappa shape index (κ3) is 2.39. The van der Waals surface area contributed by atoms with Crippen LogP contribution in [0.4, 0.5) is 5.69 Å². The van der Waals surface area contributed by atoms with Crippen LogP contribution in [0.25, 0.3) is 0 Å². The van der Waals surface area contributed by atoms with Gasteiger partial charge in [-0.25, -0.2) is 4.79 Å². The first-order chi connectivity index (χ1) is 7.40. The molecular formula is C12H14N2O. The Labute approximate surface area is 89.4 Å². The lowest BCUT2D eigenvalue weighted by molar-refractivity contribution is 0.563. The molecule has 0 atom stereocenters. The van der Waals surface area contributed by atoms with Crippen molar-refractivity contribution in [3.63, 3.8) is 0 Å². The van der Waals surface area contributed by atoms with Crippen LogP contribution in [-0.4, -0.2) is 25.6 Å². The molecule has 15 heavy (non-hydrogen) atoms. The molecule has 0 aromatic heterocycles. The van der Waals surface area contributed by atoms with E-state index in [-0.39, 0.29) is 0 Å². The second kappa shape index (κ2) is 4.67. The van der Waals surface area contributed by atoms with Crippen molar-refractivity contribution < 1.29 is 4.79 Å². The fourth-order valence-electron chi connectivity index (χ4n) is 1.77. The number of nitrogens with one attached hydrogen (secondary N) is 1. The van der Waals surface area contributed by atoms with Gasteiger partial charge in [0.2, 0.25) is 0 Å². The van der Waals surface area contributed by atoms with Crippen molar-refractivity contribution in [3.8, 4) is 0 Å². The molecule has 1 aromatic carbocycles. The van der Waals surface area contributed by atoms with E-state index in [0.29, 0.717) is 5.70 Å². The summed E-state index contributed by atoms with van der Waals surface area (Å²) in [6, 6.07) is 10.3. The van der Waals surface area contributed by atoms with E-state index in [4.69, 9.17) is 0 Å². The predicted molar refractivity (Wildman–Crippen MR) is 60.5 cm³/mol. The number of rotatable bonds is 1. The number of para-hydroxylation sites is 1. The highest BCUT2D eigenvalue weighted by Gasteiger charge is 2.11. The van der Waals surface area contributed by atoms with E-state index in [1.807, 2.05) is 24.1 Å². The first-order valence-corrected chi connectivity index (χ1v) is 5.18. The lowest BCUT2D eigenvalue weighted by Gasteiger charge is -2.21. The second-order valence-electron chi connectivity index (χ2n) is 3.58. The summed E-state index contributed by atoms with van der Waals surface area (Å²) >= 11 is 0. The van der Waals surface area contributed by atoms with Gasteiger partial charge in [0.15, 0.2) is 0 Å². The van der Waals surface area contributed by atoms with Crippen molar-refractivity contribution in [1.82, 2.24) is 5.32 Å². The van der Waals surface area contributed by atoms with Crippen LogP contribution in [0.2, 0.25) is 0 Å². The van der Waals surface area contributed by atoms with Crippen LogP contribution in [0.1, 0.15) is 6.42 Å². The van der Waals surface area contributed by atoms with Crippen LogP contribution < -0.4 is 10.2 Å². The Balaban J connectivity index is 2.09. The van der Waals surface area contributed by atoms with Gasteiger partial charge in [0.05, 0.1) is 5.70 Å². The van der Waals surface area contributed by atoms with E-state index >= 15 is 0 Å². The van der Waals surface area contributed by atoms with Crippen molar-refractivity contribution in [2.45, 2.75) is 6.42 Å². The molecule has 0 saturated carbocycles. The molecule has 0 radical (unpaired) electrons. The number of hydrogen-bond acceptors (Lipinski definition) is 3. The summed E-state index contributed by atoms with van der Waals surface area (Å²) in [6.07, 6.45) is 0.748. The summed E-state index contributed by atoms with van der Waals surface area (Å²) in [7, 11) is 0. The third-order valence-corrected chi connectivity index (χ3v) is 2.60. The SMILES string of the molecule is O=C=C1CCN(c2ccccc2)CCN1. The Kier molecular flexibility index (Phi) is 3.05. The monoisotopic (exact) mass is 202 g/mol. The van der Waals surface area contributed by atoms with Gasteiger partial charge < -0.3 is 10.2 Å². The fourth-order valence-corrected chi connectivity index (χ4v) is 1.77. The standard InChI is InChI=1S/C12H14N2O/c15-10-11-6-8-14(9-7-13-11)12-4-2-1-3-5-12/h1-5,13H,6-9H2. The third-order valence-electron chi connectivity index (χ3n) is 2.60. The van der Waals surface area contributed by atoms with Crippen molar-refractivity contribution in [2.75, 3.05) is 24.5 Å². The Bertz CT molecular complexity index is 368. The zero-order valence-electron chi connectivity index (χ0n) is 8.57. The Morgan fingerprint density at radius 3 is 2.73 bits per heavy atom. The smallest absolute Gasteiger partial charge is 0.145 e. The van der Waals surface area contributed by atoms with Gasteiger partial charge in [0.1, 0.15) is 5.94 Å². The summed E-state index contributed by atoms with van der Waals surface area (Å²) in [4.78, 5) is 12.8. The zero-order valence-corrected chi connectivity index (χ0v) is 8.57. The molecule has 1 fully saturated rings. The second-order valence-corrected chi connectivity index (χ2v) is 3.58. The minimum absolute atomic E-state index is 0.688. The Morgan fingerprint density at radius 1 is 1.20 bits per heavy atom. The number of benzene rings is 1. The number of hydrogen-bond donors (Lipinski definition) is 1. The van der Waals surface area contributed by atoms with Crippen molar-refractivity contribution in [2.24, 2.45) is 0 Å². The van der Waals surface area contributed by atoms with E-state index in [1.165, 1.54) is 5.69 Å². The molecule has 3 heteroatoms. The molecule has 78 valence electrons. The molecule has 1 aliphatic heterocycles. The minimum Gasteiger partial charge on any atom is -0.378 e. The summed E-state index contributed by atoms with van der Waals surface area (Å²) in [5, 5.41) is 3.08. The maximum Gasteiger partial charge on any atom is 0.145 e.